The maximum atomic E-state index is 9.44. The number of nitrogens with one attached hydrogen (secondary N) is 1. The number of benzene rings is 1. The van der Waals surface area contributed by atoms with Gasteiger partial charge in [0.1, 0.15) is 5.75 Å². The van der Waals surface area contributed by atoms with Crippen molar-refractivity contribution in [2.75, 3.05) is 0 Å². The van der Waals surface area contributed by atoms with Crippen LogP contribution in [-0.2, 0) is 6.54 Å². The Bertz CT molecular complexity index is 703. The molecule has 18 heavy (non-hydrogen) atoms. The first kappa shape index (κ1) is 10.8. The zero-order valence-corrected chi connectivity index (χ0v) is 9.72. The summed E-state index contributed by atoms with van der Waals surface area (Å²) in [6.07, 6.45) is 3.66. The van der Waals surface area contributed by atoms with Crippen LogP contribution < -0.4 is 5.73 Å². The molecule has 0 bridgehead atoms. The van der Waals surface area contributed by atoms with E-state index < -0.39 is 0 Å². The molecular formula is C14H13N3O. The minimum Gasteiger partial charge on any atom is -0.508 e. The number of phenolic OH excluding ortho intramolecular Hbond substituents is 1. The van der Waals surface area contributed by atoms with Gasteiger partial charge in [0.25, 0.3) is 0 Å². The van der Waals surface area contributed by atoms with Gasteiger partial charge in [0.2, 0.25) is 0 Å². The lowest BCUT2D eigenvalue weighted by molar-refractivity contribution is 0.476. The van der Waals surface area contributed by atoms with E-state index in [2.05, 4.69) is 9.97 Å². The number of aromatic hydroxyl groups is 1. The van der Waals surface area contributed by atoms with Crippen molar-refractivity contribution in [3.05, 3.63) is 48.3 Å². The van der Waals surface area contributed by atoms with Gasteiger partial charge in [-0.1, -0.05) is 0 Å². The number of H-pyrrole nitrogens is 1. The molecule has 3 rings (SSSR count). The van der Waals surface area contributed by atoms with Crippen LogP contribution in [-0.4, -0.2) is 15.1 Å². The van der Waals surface area contributed by atoms with E-state index in [0.717, 1.165) is 27.7 Å². The fourth-order valence-electron chi connectivity index (χ4n) is 2.07. The highest BCUT2D eigenvalue weighted by Crippen LogP contribution is 2.29. The predicted octanol–water partition coefficient (Wildman–Crippen LogP) is 2.39. The molecule has 0 saturated carbocycles. The average Bonchev–Trinajstić information content (AvgIpc) is 2.81. The maximum Gasteiger partial charge on any atom is 0.117 e. The van der Waals surface area contributed by atoms with E-state index in [4.69, 9.17) is 5.73 Å². The van der Waals surface area contributed by atoms with E-state index in [9.17, 15) is 5.11 Å². The number of hydrogen-bond acceptors (Lipinski definition) is 3. The van der Waals surface area contributed by atoms with Crippen molar-refractivity contribution < 1.29 is 5.11 Å². The van der Waals surface area contributed by atoms with Gasteiger partial charge in [-0.15, -0.1) is 0 Å². The highest BCUT2D eigenvalue weighted by molar-refractivity contribution is 5.95. The molecule has 0 unspecified atom stereocenters. The molecule has 0 aliphatic carbocycles. The first-order valence-electron chi connectivity index (χ1n) is 5.73. The molecule has 0 amide bonds. The van der Waals surface area contributed by atoms with Gasteiger partial charge in [-0.3, -0.25) is 4.98 Å². The molecule has 2 heterocycles. The van der Waals surface area contributed by atoms with E-state index >= 15 is 0 Å². The molecule has 0 aliphatic rings. The lowest BCUT2D eigenvalue weighted by Crippen LogP contribution is -1.96. The van der Waals surface area contributed by atoms with Crippen molar-refractivity contribution in [3.8, 4) is 17.0 Å². The number of pyridine rings is 1. The quantitative estimate of drug-likeness (QED) is 0.642. The third-order valence-electron chi connectivity index (χ3n) is 3.00. The Morgan fingerprint density at radius 3 is 2.94 bits per heavy atom. The molecule has 0 radical (unpaired) electrons. The second kappa shape index (κ2) is 4.16. The van der Waals surface area contributed by atoms with Gasteiger partial charge in [0.05, 0.1) is 5.69 Å². The molecule has 0 saturated heterocycles. The van der Waals surface area contributed by atoms with Gasteiger partial charge >= 0.3 is 0 Å². The number of aromatic amines is 1. The van der Waals surface area contributed by atoms with Crippen molar-refractivity contribution in [2.45, 2.75) is 6.54 Å². The van der Waals surface area contributed by atoms with Gasteiger partial charge in [-0.2, -0.15) is 0 Å². The summed E-state index contributed by atoms with van der Waals surface area (Å²) < 4.78 is 0. The Labute approximate surface area is 104 Å². The minimum absolute atomic E-state index is 0.250. The largest absolute Gasteiger partial charge is 0.508 e. The van der Waals surface area contributed by atoms with Gasteiger partial charge in [-0.25, -0.2) is 0 Å². The third-order valence-corrected chi connectivity index (χ3v) is 3.00. The number of fused-ring (bicyclic) bond motifs is 1. The normalized spacial score (nSPS) is 10.9. The molecule has 2 aromatic heterocycles. The third kappa shape index (κ3) is 1.72. The van der Waals surface area contributed by atoms with Gasteiger partial charge in [-0.05, 0) is 29.8 Å². The summed E-state index contributed by atoms with van der Waals surface area (Å²) in [5.41, 5.74) is 9.48. The van der Waals surface area contributed by atoms with Crippen LogP contribution >= 0.6 is 0 Å². The Kier molecular flexibility index (Phi) is 2.50. The van der Waals surface area contributed by atoms with E-state index in [1.54, 1.807) is 18.3 Å². The molecule has 4 heteroatoms. The fraction of sp³-hybridized carbons (Fsp3) is 0.0714. The van der Waals surface area contributed by atoms with E-state index in [1.165, 1.54) is 0 Å². The van der Waals surface area contributed by atoms with E-state index in [0.29, 0.717) is 6.54 Å². The van der Waals surface area contributed by atoms with Crippen LogP contribution in [0.3, 0.4) is 0 Å². The van der Waals surface area contributed by atoms with Crippen molar-refractivity contribution >= 4 is 10.9 Å². The van der Waals surface area contributed by atoms with Gasteiger partial charge < -0.3 is 15.8 Å². The minimum atomic E-state index is 0.250. The summed E-state index contributed by atoms with van der Waals surface area (Å²) in [7, 11) is 0. The van der Waals surface area contributed by atoms with Crippen LogP contribution in [0.1, 0.15) is 5.56 Å². The topological polar surface area (TPSA) is 74.9 Å². The molecule has 3 aromatic rings. The molecular weight excluding hydrogens is 226 g/mol. The number of nitrogens with zero attached hydrogens (tertiary/aromatic N) is 1. The summed E-state index contributed by atoms with van der Waals surface area (Å²) in [5, 5.41) is 10.5. The molecule has 4 nitrogen and oxygen atoms in total. The number of phenols is 1. The number of rotatable bonds is 2. The summed E-state index contributed by atoms with van der Waals surface area (Å²) in [4.78, 5) is 7.50. The molecule has 0 fully saturated rings. The summed E-state index contributed by atoms with van der Waals surface area (Å²) in [6, 6.07) is 9.14. The monoisotopic (exact) mass is 239 g/mol. The zero-order chi connectivity index (χ0) is 12.5. The number of aromatic nitrogens is 2. The Morgan fingerprint density at radius 2 is 2.11 bits per heavy atom. The van der Waals surface area contributed by atoms with Crippen LogP contribution in [0.5, 0.6) is 5.75 Å². The second-order valence-electron chi connectivity index (χ2n) is 4.19. The highest BCUT2D eigenvalue weighted by atomic mass is 16.3. The van der Waals surface area contributed by atoms with Crippen LogP contribution in [0.25, 0.3) is 22.2 Å². The number of hydrogen-bond donors (Lipinski definition) is 3. The molecule has 1 aromatic carbocycles. The van der Waals surface area contributed by atoms with Crippen LogP contribution in [0, 0.1) is 0 Å². The lowest BCUT2D eigenvalue weighted by Gasteiger charge is -2.01. The molecule has 4 N–H and O–H groups in total. The maximum absolute atomic E-state index is 9.44. The standard InChI is InChI=1S/C14H13N3O/c15-7-9-3-4-16-13(5-9)12-8-17-14-6-10(18)1-2-11(12)14/h1-6,8,17-18H,7,15H2. The summed E-state index contributed by atoms with van der Waals surface area (Å²) >= 11 is 0. The summed E-state index contributed by atoms with van der Waals surface area (Å²) in [6.45, 7) is 0.499. The van der Waals surface area contributed by atoms with Crippen molar-refractivity contribution in [2.24, 2.45) is 5.73 Å². The molecule has 0 atom stereocenters. The van der Waals surface area contributed by atoms with Crippen LogP contribution in [0.15, 0.2) is 42.7 Å². The fourth-order valence-corrected chi connectivity index (χ4v) is 2.07. The van der Waals surface area contributed by atoms with Crippen molar-refractivity contribution in [3.63, 3.8) is 0 Å². The van der Waals surface area contributed by atoms with Gasteiger partial charge in [0, 0.05) is 41.5 Å². The highest BCUT2D eigenvalue weighted by Gasteiger charge is 2.08. The van der Waals surface area contributed by atoms with E-state index in [1.807, 2.05) is 24.4 Å². The lowest BCUT2D eigenvalue weighted by atomic mass is 10.1. The van der Waals surface area contributed by atoms with Crippen molar-refractivity contribution in [1.82, 2.24) is 9.97 Å². The van der Waals surface area contributed by atoms with Crippen LogP contribution in [0.2, 0.25) is 0 Å². The molecule has 90 valence electrons. The molecule has 0 aliphatic heterocycles. The van der Waals surface area contributed by atoms with E-state index in [-0.39, 0.29) is 5.75 Å². The molecule has 0 spiro atoms. The first-order valence-corrected chi connectivity index (χ1v) is 5.73. The smallest absolute Gasteiger partial charge is 0.117 e. The zero-order valence-electron chi connectivity index (χ0n) is 9.72. The number of nitrogens with two attached hydrogens (primary N) is 1. The Morgan fingerprint density at radius 1 is 1.22 bits per heavy atom. The first-order chi connectivity index (χ1) is 8.78. The van der Waals surface area contributed by atoms with Gasteiger partial charge in [0.15, 0.2) is 0 Å². The van der Waals surface area contributed by atoms with Crippen molar-refractivity contribution in [1.29, 1.82) is 0 Å². The summed E-state index contributed by atoms with van der Waals surface area (Å²) in [5.74, 6) is 0.250. The Balaban J connectivity index is 2.19. The van der Waals surface area contributed by atoms with Crippen LogP contribution in [0.4, 0.5) is 0 Å². The average molecular weight is 239 g/mol. The Hall–Kier alpha value is -2.33. The predicted molar refractivity (Wildman–Crippen MR) is 71.1 cm³/mol. The second-order valence-corrected chi connectivity index (χ2v) is 4.19. The SMILES string of the molecule is NCc1ccnc(-c2c[nH]c3cc(O)ccc23)c1.